The van der Waals surface area contributed by atoms with E-state index < -0.39 is 6.17 Å². The number of nitrogens with zero attached hydrogens (tertiary/aromatic N) is 2. The topological polar surface area (TPSA) is 60.3 Å². The number of hydrogen-bond acceptors (Lipinski definition) is 5. The molecular formula is C31H56ClFN4O. The fraction of sp³-hybridized carbons (Fsp3) is 0.645. The van der Waals surface area contributed by atoms with Gasteiger partial charge in [-0.2, -0.15) is 5.26 Å². The van der Waals surface area contributed by atoms with E-state index in [4.69, 9.17) is 21.6 Å². The average Bonchev–Trinajstić information content (AvgIpc) is 2.91. The van der Waals surface area contributed by atoms with E-state index in [0.717, 1.165) is 23.8 Å². The molecule has 0 saturated carbocycles. The minimum Gasteiger partial charge on any atom is -0.457 e. The maximum absolute atomic E-state index is 12.9. The zero-order chi connectivity index (χ0) is 30.1. The van der Waals surface area contributed by atoms with Gasteiger partial charge in [0, 0.05) is 30.4 Å². The molecule has 7 heteroatoms. The molecule has 220 valence electrons. The van der Waals surface area contributed by atoms with Gasteiger partial charge in [-0.15, -0.1) is 11.6 Å². The van der Waals surface area contributed by atoms with E-state index in [2.05, 4.69) is 62.5 Å². The number of nitriles is 1. The third-order valence-electron chi connectivity index (χ3n) is 5.10. The van der Waals surface area contributed by atoms with E-state index in [1.807, 2.05) is 60.8 Å². The summed E-state index contributed by atoms with van der Waals surface area (Å²) in [6.07, 6.45) is 6.01. The highest BCUT2D eigenvalue weighted by atomic mass is 35.5. The molecule has 3 atom stereocenters. The molecule has 1 aromatic carbocycles. The summed E-state index contributed by atoms with van der Waals surface area (Å²) in [6, 6.07) is 9.21. The lowest BCUT2D eigenvalue weighted by atomic mass is 10.1. The van der Waals surface area contributed by atoms with Gasteiger partial charge in [0.05, 0.1) is 12.5 Å². The number of nitrogens with one attached hydrogen (secondary N) is 2. The lowest BCUT2D eigenvalue weighted by Crippen LogP contribution is -2.52. The van der Waals surface area contributed by atoms with Crippen molar-refractivity contribution in [2.24, 2.45) is 0 Å². The van der Waals surface area contributed by atoms with Crippen LogP contribution in [0.2, 0.25) is 0 Å². The van der Waals surface area contributed by atoms with Crippen molar-refractivity contribution in [1.82, 2.24) is 15.8 Å². The van der Waals surface area contributed by atoms with Crippen molar-refractivity contribution in [3.8, 4) is 11.8 Å². The zero-order valence-corrected chi connectivity index (χ0v) is 26.9. The predicted molar refractivity (Wildman–Crippen MR) is 166 cm³/mol. The second-order valence-electron chi connectivity index (χ2n) is 8.67. The molecule has 0 radical (unpaired) electrons. The smallest absolute Gasteiger partial charge is 0.130 e. The maximum atomic E-state index is 12.9. The van der Waals surface area contributed by atoms with Gasteiger partial charge in [-0.25, -0.2) is 4.39 Å². The van der Waals surface area contributed by atoms with E-state index in [9.17, 15) is 4.39 Å². The number of rotatable bonds is 9. The minimum atomic E-state index is -0.869. The summed E-state index contributed by atoms with van der Waals surface area (Å²) >= 11 is 5.00. The number of hydrogen-bond donors (Lipinski definition) is 2. The number of ether oxygens (including phenoxy) is 1. The van der Waals surface area contributed by atoms with Crippen LogP contribution in [0.4, 0.5) is 4.39 Å². The van der Waals surface area contributed by atoms with Crippen LogP contribution in [0.5, 0.6) is 5.75 Å². The molecule has 0 fully saturated rings. The molecule has 0 heterocycles. The summed E-state index contributed by atoms with van der Waals surface area (Å²) in [5.74, 6) is 2.32. The van der Waals surface area contributed by atoms with Crippen LogP contribution in [-0.4, -0.2) is 49.2 Å². The molecular weight excluding hydrogens is 499 g/mol. The third-order valence-corrected chi connectivity index (χ3v) is 5.10. The molecule has 0 saturated heterocycles. The first-order valence-electron chi connectivity index (χ1n) is 14.0. The van der Waals surface area contributed by atoms with Gasteiger partial charge in [0.25, 0.3) is 0 Å². The van der Waals surface area contributed by atoms with E-state index in [1.54, 1.807) is 12.2 Å². The molecule has 0 aromatic heterocycles. The minimum absolute atomic E-state index is 0.164. The first-order chi connectivity index (χ1) is 18.1. The largest absolute Gasteiger partial charge is 0.457 e. The molecule has 1 aliphatic carbocycles. The Hall–Kier alpha value is -1.91. The lowest BCUT2D eigenvalue weighted by molar-refractivity contribution is 0.225. The Morgan fingerprint density at radius 3 is 2.13 bits per heavy atom. The Morgan fingerprint density at radius 2 is 1.71 bits per heavy atom. The molecule has 0 spiro atoms. The number of alkyl halides is 2. The number of halogens is 2. The normalized spacial score (nSPS) is 15.0. The summed E-state index contributed by atoms with van der Waals surface area (Å²) in [4.78, 5) is 2.11. The van der Waals surface area contributed by atoms with Crippen molar-refractivity contribution in [3.63, 3.8) is 0 Å². The summed E-state index contributed by atoms with van der Waals surface area (Å²) in [5, 5.41) is 8.70. The summed E-state index contributed by atoms with van der Waals surface area (Å²) in [7, 11) is 4.04. The van der Waals surface area contributed by atoms with Gasteiger partial charge >= 0.3 is 0 Å². The molecule has 5 nitrogen and oxygen atoms in total. The van der Waals surface area contributed by atoms with Crippen molar-refractivity contribution < 1.29 is 9.13 Å². The van der Waals surface area contributed by atoms with E-state index >= 15 is 0 Å². The SMILES string of the molecule is CC.CC.CC(C)NNC(CC#N)C(C)N(C)C.CCCl.CCc1cc(C)ccc1OC1=CCC(F)C=C1. The number of allylic oxidation sites excluding steroid dienone is 3. The average molecular weight is 555 g/mol. The second kappa shape index (κ2) is 26.7. The first kappa shape index (κ1) is 40.6. The molecule has 2 N–H and O–H groups in total. The number of benzene rings is 1. The second-order valence-corrected chi connectivity index (χ2v) is 9.20. The quantitative estimate of drug-likeness (QED) is 0.238. The van der Waals surface area contributed by atoms with Crippen LogP contribution in [0.25, 0.3) is 0 Å². The molecule has 1 aliphatic rings. The van der Waals surface area contributed by atoms with E-state index in [-0.39, 0.29) is 6.04 Å². The van der Waals surface area contributed by atoms with Gasteiger partial charge in [0.1, 0.15) is 17.7 Å². The van der Waals surface area contributed by atoms with Crippen molar-refractivity contribution in [1.29, 1.82) is 5.26 Å². The standard InChI is InChI=1S/C15H17FO.C10H22N4.C2H5Cl.2C2H6/c1-3-12-10-11(2)4-9-15(12)17-14-7-5-13(16)6-8-14;1-8(2)12-13-10(6-7-11)9(3)14(4)5;1-2-3;2*1-2/h4-5,7-10,13H,3,6H2,1-2H3;8-10,12-13H,6H2,1-5H3;2H2,1H3;2*1-2H3. The van der Waals surface area contributed by atoms with Crippen LogP contribution in [0.1, 0.15) is 86.3 Å². The Labute approximate surface area is 239 Å². The van der Waals surface area contributed by atoms with Crippen LogP contribution in [0.3, 0.4) is 0 Å². The fourth-order valence-corrected chi connectivity index (χ4v) is 2.94. The Balaban J connectivity index is -0.000000529. The van der Waals surface area contributed by atoms with Gasteiger partial charge in [-0.3, -0.25) is 10.9 Å². The van der Waals surface area contributed by atoms with Gasteiger partial charge in [0.15, 0.2) is 0 Å². The van der Waals surface area contributed by atoms with Crippen molar-refractivity contribution >= 4 is 11.6 Å². The van der Waals surface area contributed by atoms with Crippen molar-refractivity contribution in [2.75, 3.05) is 20.0 Å². The Morgan fingerprint density at radius 1 is 1.13 bits per heavy atom. The van der Waals surface area contributed by atoms with Gasteiger partial charge in [-0.05, 0) is 78.1 Å². The highest BCUT2D eigenvalue weighted by Gasteiger charge is 2.18. The molecule has 2 rings (SSSR count). The highest BCUT2D eigenvalue weighted by molar-refractivity contribution is 6.17. The molecule has 0 aliphatic heterocycles. The molecule has 0 bridgehead atoms. The van der Waals surface area contributed by atoms with E-state index in [0.29, 0.717) is 24.9 Å². The van der Waals surface area contributed by atoms with Gasteiger partial charge in [-0.1, -0.05) is 59.2 Å². The van der Waals surface area contributed by atoms with Crippen LogP contribution in [-0.2, 0) is 6.42 Å². The zero-order valence-electron chi connectivity index (χ0n) is 26.2. The van der Waals surface area contributed by atoms with Crippen LogP contribution < -0.4 is 15.6 Å². The summed E-state index contributed by atoms with van der Waals surface area (Å²) < 4.78 is 18.7. The Kier molecular flexibility index (Phi) is 28.5. The van der Waals surface area contributed by atoms with E-state index in [1.165, 1.54) is 17.2 Å². The fourth-order valence-electron chi connectivity index (χ4n) is 2.94. The monoisotopic (exact) mass is 554 g/mol. The first-order valence-corrected chi connectivity index (χ1v) is 14.5. The Bertz CT molecular complexity index is 791. The molecule has 1 aromatic rings. The number of aryl methyl sites for hydroxylation is 2. The van der Waals surface area contributed by atoms with Crippen LogP contribution >= 0.6 is 11.6 Å². The maximum Gasteiger partial charge on any atom is 0.130 e. The summed E-state index contributed by atoms with van der Waals surface area (Å²) in [6.45, 7) is 20.3. The third kappa shape index (κ3) is 20.1. The summed E-state index contributed by atoms with van der Waals surface area (Å²) in [5.41, 5.74) is 8.74. The van der Waals surface area contributed by atoms with Crippen LogP contribution in [0, 0.1) is 18.3 Å². The molecule has 3 unspecified atom stereocenters. The van der Waals surface area contributed by atoms with Crippen molar-refractivity contribution in [2.45, 2.75) is 113 Å². The molecule has 38 heavy (non-hydrogen) atoms. The number of likely N-dealkylation sites (N-methyl/N-ethyl adjacent to an activating group) is 1. The van der Waals surface area contributed by atoms with Crippen molar-refractivity contribution in [3.05, 3.63) is 53.3 Å². The van der Waals surface area contributed by atoms with Crippen LogP contribution in [0.15, 0.2) is 42.2 Å². The number of hydrazine groups is 1. The lowest BCUT2D eigenvalue weighted by Gasteiger charge is -2.29. The molecule has 0 amide bonds. The van der Waals surface area contributed by atoms with Gasteiger partial charge in [0.2, 0.25) is 0 Å². The highest BCUT2D eigenvalue weighted by Crippen LogP contribution is 2.24. The van der Waals surface area contributed by atoms with Gasteiger partial charge < -0.3 is 9.64 Å². The predicted octanol–water partition coefficient (Wildman–Crippen LogP) is 8.14.